The van der Waals surface area contributed by atoms with Crippen molar-refractivity contribution in [3.63, 3.8) is 0 Å². The van der Waals surface area contributed by atoms with Gasteiger partial charge in [-0.1, -0.05) is 24.3 Å². The van der Waals surface area contributed by atoms with Crippen molar-refractivity contribution >= 4 is 33.0 Å². The lowest BCUT2D eigenvalue weighted by atomic mass is 10.1. The van der Waals surface area contributed by atoms with E-state index in [9.17, 15) is 23.3 Å². The Morgan fingerprint density at radius 2 is 1.59 bits per heavy atom. The van der Waals surface area contributed by atoms with Crippen molar-refractivity contribution in [2.45, 2.75) is 4.90 Å². The number of nitrogens with one attached hydrogen (secondary N) is 2. The molecule has 10 nitrogen and oxygen atoms in total. The summed E-state index contributed by atoms with van der Waals surface area (Å²) in [7, 11) is -1.65. The van der Waals surface area contributed by atoms with Crippen LogP contribution in [0.3, 0.4) is 0 Å². The van der Waals surface area contributed by atoms with Crippen molar-refractivity contribution in [2.75, 3.05) is 24.3 Å². The first kappa shape index (κ1) is 22.6. The number of sulfonamides is 1. The smallest absolute Gasteiger partial charge is 0.293 e. The molecule has 0 aliphatic carbocycles. The van der Waals surface area contributed by atoms with Crippen molar-refractivity contribution in [1.29, 1.82) is 0 Å². The van der Waals surface area contributed by atoms with Gasteiger partial charge in [0.1, 0.15) is 11.5 Å². The van der Waals surface area contributed by atoms with Crippen LogP contribution in [-0.4, -0.2) is 33.5 Å². The summed E-state index contributed by atoms with van der Waals surface area (Å²) < 4.78 is 38.3. The van der Waals surface area contributed by atoms with E-state index in [0.29, 0.717) is 11.4 Å². The lowest BCUT2D eigenvalue weighted by Gasteiger charge is -2.14. The zero-order chi connectivity index (χ0) is 23.3. The van der Waals surface area contributed by atoms with Crippen LogP contribution < -0.4 is 19.5 Å². The van der Waals surface area contributed by atoms with E-state index in [1.807, 2.05) is 0 Å². The van der Waals surface area contributed by atoms with E-state index in [1.165, 1.54) is 38.5 Å². The van der Waals surface area contributed by atoms with Crippen LogP contribution in [0.15, 0.2) is 71.6 Å². The second kappa shape index (κ2) is 9.35. The maximum Gasteiger partial charge on any atom is 0.293 e. The molecule has 1 amide bonds. The summed E-state index contributed by atoms with van der Waals surface area (Å²) in [5.74, 6) is -0.0444. The first-order valence-corrected chi connectivity index (χ1v) is 10.6. The minimum atomic E-state index is -4.41. The standard InChI is InChI=1S/C21H19N3O7S/c1-30-14-11-12-20(18(13-14)24(26)27)32(28,29)23-16-8-4-3-7-15(16)21(25)22-17-9-5-6-10-19(17)31-2/h3-13,23H,1-2H3,(H,22,25). The summed E-state index contributed by atoms with van der Waals surface area (Å²) in [6, 6.07) is 16.0. The molecule has 0 fully saturated rings. The number of rotatable bonds is 8. The molecule has 3 aromatic carbocycles. The zero-order valence-corrected chi connectivity index (χ0v) is 17.9. The first-order chi connectivity index (χ1) is 15.3. The van der Waals surface area contributed by atoms with Gasteiger partial charge in [-0.3, -0.25) is 19.6 Å². The van der Waals surface area contributed by atoms with Crippen LogP contribution in [0.1, 0.15) is 10.4 Å². The van der Waals surface area contributed by atoms with Crippen molar-refractivity contribution in [2.24, 2.45) is 0 Å². The predicted octanol–water partition coefficient (Wildman–Crippen LogP) is 3.67. The number of nitro groups is 1. The van der Waals surface area contributed by atoms with Crippen molar-refractivity contribution in [3.8, 4) is 11.5 Å². The third-order valence-electron chi connectivity index (χ3n) is 4.42. The van der Waals surface area contributed by atoms with Gasteiger partial charge < -0.3 is 14.8 Å². The molecule has 0 unspecified atom stereocenters. The van der Waals surface area contributed by atoms with E-state index < -0.39 is 31.4 Å². The maximum atomic E-state index is 13.0. The number of para-hydroxylation sites is 3. The SMILES string of the molecule is COc1ccc(S(=O)(=O)Nc2ccccc2C(=O)Nc2ccccc2OC)c([N+](=O)[O-])c1. The highest BCUT2D eigenvalue weighted by Crippen LogP contribution is 2.31. The van der Waals surface area contributed by atoms with Gasteiger partial charge in [-0.15, -0.1) is 0 Å². The monoisotopic (exact) mass is 457 g/mol. The Morgan fingerprint density at radius 1 is 0.938 bits per heavy atom. The van der Waals surface area contributed by atoms with Crippen molar-refractivity contribution in [1.82, 2.24) is 0 Å². The normalized spacial score (nSPS) is 10.8. The van der Waals surface area contributed by atoms with Gasteiger partial charge in [0.2, 0.25) is 0 Å². The molecule has 0 heterocycles. The zero-order valence-electron chi connectivity index (χ0n) is 17.1. The molecule has 0 aromatic heterocycles. The largest absolute Gasteiger partial charge is 0.497 e. The van der Waals surface area contributed by atoms with Crippen molar-refractivity contribution in [3.05, 3.63) is 82.4 Å². The molecule has 0 aliphatic rings. The van der Waals surface area contributed by atoms with E-state index in [4.69, 9.17) is 9.47 Å². The first-order valence-electron chi connectivity index (χ1n) is 9.15. The Labute approximate surface area is 184 Å². The topological polar surface area (TPSA) is 137 Å². The van der Waals surface area contributed by atoms with Crippen LogP contribution >= 0.6 is 0 Å². The minimum absolute atomic E-state index is 0.0122. The van der Waals surface area contributed by atoms with E-state index in [0.717, 1.165) is 12.1 Å². The Hall–Kier alpha value is -4.12. The fraction of sp³-hybridized carbons (Fsp3) is 0.0952. The van der Waals surface area contributed by atoms with Gasteiger partial charge in [-0.05, 0) is 36.4 Å². The summed E-state index contributed by atoms with van der Waals surface area (Å²) in [4.78, 5) is 22.9. The number of hydrogen-bond donors (Lipinski definition) is 2. The summed E-state index contributed by atoms with van der Waals surface area (Å²) in [5, 5.41) is 14.1. The Morgan fingerprint density at radius 3 is 2.25 bits per heavy atom. The Balaban J connectivity index is 1.96. The maximum absolute atomic E-state index is 13.0. The highest BCUT2D eigenvalue weighted by molar-refractivity contribution is 7.92. The molecule has 0 spiro atoms. The number of carbonyl (C=O) groups is 1. The molecular formula is C21H19N3O7S. The van der Waals surface area contributed by atoms with E-state index >= 15 is 0 Å². The van der Waals surface area contributed by atoms with Gasteiger partial charge >= 0.3 is 0 Å². The lowest BCUT2D eigenvalue weighted by molar-refractivity contribution is -0.387. The number of nitro benzene ring substituents is 1. The molecule has 32 heavy (non-hydrogen) atoms. The number of nitrogens with zero attached hydrogens (tertiary/aromatic N) is 1. The average Bonchev–Trinajstić information content (AvgIpc) is 2.79. The Bertz CT molecular complexity index is 1280. The van der Waals surface area contributed by atoms with Gasteiger partial charge in [0.25, 0.3) is 21.6 Å². The molecule has 0 aliphatic heterocycles. The number of anilines is 2. The summed E-state index contributed by atoms with van der Waals surface area (Å²) in [6.07, 6.45) is 0. The van der Waals surface area contributed by atoms with Crippen LogP contribution in [0.2, 0.25) is 0 Å². The van der Waals surface area contributed by atoms with Crippen LogP contribution in [0.25, 0.3) is 0 Å². The molecule has 0 radical (unpaired) electrons. The number of ether oxygens (including phenoxy) is 2. The molecule has 0 atom stereocenters. The van der Waals surface area contributed by atoms with Crippen LogP contribution in [-0.2, 0) is 10.0 Å². The average molecular weight is 457 g/mol. The molecule has 11 heteroatoms. The third-order valence-corrected chi connectivity index (χ3v) is 5.84. The summed E-state index contributed by atoms with van der Waals surface area (Å²) in [5.41, 5.74) is -0.306. The third kappa shape index (κ3) is 4.78. The summed E-state index contributed by atoms with van der Waals surface area (Å²) >= 11 is 0. The fourth-order valence-electron chi connectivity index (χ4n) is 2.90. The van der Waals surface area contributed by atoms with E-state index in [1.54, 1.807) is 30.3 Å². The predicted molar refractivity (Wildman–Crippen MR) is 118 cm³/mol. The molecule has 0 bridgehead atoms. The molecule has 166 valence electrons. The highest BCUT2D eigenvalue weighted by Gasteiger charge is 2.28. The number of carbonyl (C=O) groups excluding carboxylic acids is 1. The molecule has 2 N–H and O–H groups in total. The van der Waals surface area contributed by atoms with Gasteiger partial charge in [0.15, 0.2) is 4.90 Å². The number of benzene rings is 3. The second-order valence-corrected chi connectivity index (χ2v) is 8.05. The minimum Gasteiger partial charge on any atom is -0.497 e. The molecule has 3 rings (SSSR count). The van der Waals surface area contributed by atoms with Crippen molar-refractivity contribution < 1.29 is 27.6 Å². The fourth-order valence-corrected chi connectivity index (χ4v) is 4.13. The van der Waals surface area contributed by atoms with Crippen LogP contribution in [0.5, 0.6) is 11.5 Å². The van der Waals surface area contributed by atoms with Gasteiger partial charge in [0, 0.05) is 0 Å². The van der Waals surface area contributed by atoms with E-state index in [-0.39, 0.29) is 17.0 Å². The second-order valence-electron chi connectivity index (χ2n) is 6.40. The number of methoxy groups -OCH3 is 2. The Kier molecular flexibility index (Phi) is 6.59. The van der Waals surface area contributed by atoms with Crippen LogP contribution in [0.4, 0.5) is 17.1 Å². The molecule has 3 aromatic rings. The molecular weight excluding hydrogens is 438 g/mol. The number of amides is 1. The lowest BCUT2D eigenvalue weighted by Crippen LogP contribution is -2.19. The quantitative estimate of drug-likeness (QED) is 0.389. The van der Waals surface area contributed by atoms with Crippen LogP contribution in [0, 0.1) is 10.1 Å². The van der Waals surface area contributed by atoms with Gasteiger partial charge in [-0.25, -0.2) is 8.42 Å². The molecule has 0 saturated heterocycles. The van der Waals surface area contributed by atoms with Gasteiger partial charge in [-0.2, -0.15) is 0 Å². The molecule has 0 saturated carbocycles. The highest BCUT2D eigenvalue weighted by atomic mass is 32.2. The van der Waals surface area contributed by atoms with E-state index in [2.05, 4.69) is 10.0 Å². The van der Waals surface area contributed by atoms with Gasteiger partial charge in [0.05, 0.1) is 42.1 Å². The number of hydrogen-bond acceptors (Lipinski definition) is 7. The summed E-state index contributed by atoms with van der Waals surface area (Å²) in [6.45, 7) is 0.